The molecule has 5 heteroatoms. The Balaban J connectivity index is 1.71. The van der Waals surface area contributed by atoms with Crippen LogP contribution in [0, 0.1) is 0 Å². The van der Waals surface area contributed by atoms with Gasteiger partial charge in [-0.05, 0) is 35.4 Å². The van der Waals surface area contributed by atoms with Gasteiger partial charge in [-0.2, -0.15) is 0 Å². The molecule has 0 fully saturated rings. The molecule has 0 spiro atoms. The summed E-state index contributed by atoms with van der Waals surface area (Å²) >= 11 is 0. The van der Waals surface area contributed by atoms with E-state index >= 15 is 0 Å². The summed E-state index contributed by atoms with van der Waals surface area (Å²) in [5.74, 6) is 0.308. The Morgan fingerprint density at radius 2 is 1.03 bits per heavy atom. The SMILES string of the molecule is O=P(Oc1ccccc1)(Oc1ccccc1)[C@H](NCc1ccccc1)c1ccccc1. The molecule has 4 aromatic carbocycles. The van der Waals surface area contributed by atoms with Gasteiger partial charge in [0.05, 0.1) is 0 Å². The molecule has 1 atom stereocenters. The van der Waals surface area contributed by atoms with E-state index in [0.29, 0.717) is 18.0 Å². The van der Waals surface area contributed by atoms with Gasteiger partial charge in [0.25, 0.3) is 0 Å². The average Bonchev–Trinajstić information content (AvgIpc) is 2.82. The summed E-state index contributed by atoms with van der Waals surface area (Å²) in [6.45, 7) is 0.515. The maximum absolute atomic E-state index is 14.4. The smallest absolute Gasteiger partial charge is 0.415 e. The third-order valence-electron chi connectivity index (χ3n) is 4.73. The molecule has 0 aliphatic rings. The Labute approximate surface area is 183 Å². The third kappa shape index (κ3) is 5.64. The van der Waals surface area contributed by atoms with Crippen molar-refractivity contribution in [3.05, 3.63) is 132 Å². The van der Waals surface area contributed by atoms with Gasteiger partial charge in [-0.15, -0.1) is 0 Å². The van der Waals surface area contributed by atoms with Gasteiger partial charge in [0, 0.05) is 6.54 Å². The number of rotatable bonds is 9. The predicted molar refractivity (Wildman–Crippen MR) is 124 cm³/mol. The van der Waals surface area contributed by atoms with Gasteiger partial charge in [-0.3, -0.25) is 5.32 Å². The largest absolute Gasteiger partial charge is 0.452 e. The van der Waals surface area contributed by atoms with Crippen molar-refractivity contribution in [3.63, 3.8) is 0 Å². The Morgan fingerprint density at radius 3 is 1.52 bits per heavy atom. The molecule has 156 valence electrons. The summed E-state index contributed by atoms with van der Waals surface area (Å²) in [4.78, 5) is 0. The average molecular weight is 429 g/mol. The highest BCUT2D eigenvalue weighted by Gasteiger charge is 2.40. The Kier molecular flexibility index (Phi) is 6.83. The van der Waals surface area contributed by atoms with E-state index in [2.05, 4.69) is 5.32 Å². The highest BCUT2D eigenvalue weighted by Crippen LogP contribution is 2.59. The minimum absolute atomic E-state index is 0.490. The Hall–Kier alpha value is -3.33. The van der Waals surface area contributed by atoms with E-state index < -0.39 is 13.4 Å². The lowest BCUT2D eigenvalue weighted by Crippen LogP contribution is -2.25. The summed E-state index contributed by atoms with van der Waals surface area (Å²) < 4.78 is 26.5. The monoisotopic (exact) mass is 429 g/mol. The quantitative estimate of drug-likeness (QED) is 0.296. The van der Waals surface area contributed by atoms with Crippen LogP contribution < -0.4 is 14.4 Å². The first-order valence-corrected chi connectivity index (χ1v) is 11.8. The predicted octanol–water partition coefficient (Wildman–Crippen LogP) is 6.83. The third-order valence-corrected chi connectivity index (χ3v) is 6.77. The van der Waals surface area contributed by atoms with Gasteiger partial charge in [-0.1, -0.05) is 97.1 Å². The zero-order valence-corrected chi connectivity index (χ0v) is 17.9. The van der Waals surface area contributed by atoms with Crippen LogP contribution in [0.15, 0.2) is 121 Å². The molecular formula is C26H24NO3P. The normalized spacial score (nSPS) is 12.1. The maximum atomic E-state index is 14.4. The van der Waals surface area contributed by atoms with Crippen LogP contribution in [0.2, 0.25) is 0 Å². The molecule has 0 amide bonds. The van der Waals surface area contributed by atoms with Crippen LogP contribution >= 0.6 is 7.60 Å². The van der Waals surface area contributed by atoms with Crippen molar-refractivity contribution < 1.29 is 13.6 Å². The second-order valence-corrected chi connectivity index (χ2v) is 8.99. The fraction of sp³-hybridized carbons (Fsp3) is 0.0769. The summed E-state index contributed by atoms with van der Waals surface area (Å²) in [6.07, 6.45) is 0. The van der Waals surface area contributed by atoms with Crippen LogP contribution in [0.1, 0.15) is 16.9 Å². The first-order chi connectivity index (χ1) is 15.2. The van der Waals surface area contributed by atoms with Gasteiger partial charge in [0.15, 0.2) is 5.78 Å². The molecule has 0 heterocycles. The lowest BCUT2D eigenvalue weighted by atomic mass is 10.2. The van der Waals surface area contributed by atoms with Crippen LogP contribution in [0.3, 0.4) is 0 Å². The van der Waals surface area contributed by atoms with E-state index in [-0.39, 0.29) is 0 Å². The summed E-state index contributed by atoms with van der Waals surface area (Å²) in [6, 6.07) is 37.9. The molecule has 4 aromatic rings. The van der Waals surface area contributed by atoms with Gasteiger partial charge in [0.2, 0.25) is 0 Å². The van der Waals surface area contributed by atoms with Crippen molar-refractivity contribution in [2.24, 2.45) is 0 Å². The molecule has 0 bridgehead atoms. The van der Waals surface area contributed by atoms with E-state index in [9.17, 15) is 4.57 Å². The molecule has 0 saturated heterocycles. The number of benzene rings is 4. The highest BCUT2D eigenvalue weighted by molar-refractivity contribution is 7.55. The molecule has 4 nitrogen and oxygen atoms in total. The van der Waals surface area contributed by atoms with Crippen LogP contribution in [0.25, 0.3) is 0 Å². The molecule has 0 radical (unpaired) electrons. The Bertz CT molecular complexity index is 1060. The second-order valence-electron chi connectivity index (χ2n) is 7.03. The van der Waals surface area contributed by atoms with Crippen LogP contribution in [0.4, 0.5) is 0 Å². The first-order valence-electron chi connectivity index (χ1n) is 10.1. The topological polar surface area (TPSA) is 47.6 Å². The molecule has 0 aromatic heterocycles. The lowest BCUT2D eigenvalue weighted by Gasteiger charge is -2.28. The molecule has 1 N–H and O–H groups in total. The lowest BCUT2D eigenvalue weighted by molar-refractivity contribution is 0.361. The van der Waals surface area contributed by atoms with E-state index in [1.54, 1.807) is 24.3 Å². The van der Waals surface area contributed by atoms with E-state index in [1.807, 2.05) is 97.1 Å². The maximum Gasteiger partial charge on any atom is 0.452 e. The zero-order valence-electron chi connectivity index (χ0n) is 17.0. The fourth-order valence-electron chi connectivity index (χ4n) is 3.24. The summed E-state index contributed by atoms with van der Waals surface area (Å²) in [5, 5.41) is 3.42. The van der Waals surface area contributed by atoms with Crippen LogP contribution in [-0.2, 0) is 11.1 Å². The molecule has 0 aliphatic carbocycles. The molecule has 0 saturated carbocycles. The highest BCUT2D eigenvalue weighted by atomic mass is 31.2. The molecule has 0 aliphatic heterocycles. The zero-order chi connectivity index (χ0) is 21.4. The summed E-state index contributed by atoms with van der Waals surface area (Å²) in [7, 11) is -3.74. The van der Waals surface area contributed by atoms with E-state index in [0.717, 1.165) is 11.1 Å². The molecular weight excluding hydrogens is 405 g/mol. The van der Waals surface area contributed by atoms with E-state index in [1.165, 1.54) is 0 Å². The molecule has 31 heavy (non-hydrogen) atoms. The van der Waals surface area contributed by atoms with Crippen molar-refractivity contribution in [1.29, 1.82) is 0 Å². The van der Waals surface area contributed by atoms with Crippen LogP contribution in [0.5, 0.6) is 11.5 Å². The van der Waals surface area contributed by atoms with Gasteiger partial charge >= 0.3 is 7.60 Å². The van der Waals surface area contributed by atoms with Gasteiger partial charge in [0.1, 0.15) is 11.5 Å². The summed E-state index contributed by atoms with van der Waals surface area (Å²) in [5.41, 5.74) is 1.91. The second kappa shape index (κ2) is 10.1. The molecule has 4 rings (SSSR count). The minimum Gasteiger partial charge on any atom is -0.415 e. The number of hydrogen-bond donors (Lipinski definition) is 1. The number of para-hydroxylation sites is 2. The van der Waals surface area contributed by atoms with E-state index in [4.69, 9.17) is 9.05 Å². The minimum atomic E-state index is -3.74. The standard InChI is InChI=1S/C26H24NO3P/c28-31(29-24-17-9-3-10-18-24,30-25-19-11-4-12-20-25)26(23-15-7-2-8-16-23)27-21-22-13-5-1-6-14-22/h1-20,26-27H,21H2/t26-/m0/s1. The number of nitrogens with one attached hydrogen (secondary N) is 1. The van der Waals surface area contributed by atoms with Crippen molar-refractivity contribution in [3.8, 4) is 11.5 Å². The van der Waals surface area contributed by atoms with Gasteiger partial charge in [-0.25, -0.2) is 4.57 Å². The molecule has 0 unspecified atom stereocenters. The van der Waals surface area contributed by atoms with Gasteiger partial charge < -0.3 is 9.05 Å². The van der Waals surface area contributed by atoms with Crippen molar-refractivity contribution in [2.75, 3.05) is 0 Å². The fourth-order valence-corrected chi connectivity index (χ4v) is 5.17. The van der Waals surface area contributed by atoms with Crippen molar-refractivity contribution >= 4 is 7.60 Å². The first kappa shape index (κ1) is 20.9. The Morgan fingerprint density at radius 1 is 0.613 bits per heavy atom. The van der Waals surface area contributed by atoms with Crippen molar-refractivity contribution in [2.45, 2.75) is 12.3 Å². The number of hydrogen-bond acceptors (Lipinski definition) is 4. The van der Waals surface area contributed by atoms with Crippen LogP contribution in [-0.4, -0.2) is 0 Å². The van der Waals surface area contributed by atoms with Crippen molar-refractivity contribution in [1.82, 2.24) is 5.32 Å².